The molecule has 3 nitrogen and oxygen atoms in total. The van der Waals surface area contributed by atoms with E-state index in [1.54, 1.807) is 18.2 Å². The molecule has 0 saturated heterocycles. The second-order valence-electron chi connectivity index (χ2n) is 3.66. The van der Waals surface area contributed by atoms with Gasteiger partial charge in [-0.2, -0.15) is 0 Å². The Hall–Kier alpha value is -0.580. The van der Waals surface area contributed by atoms with Crippen molar-refractivity contribution in [3.8, 4) is 0 Å². The fourth-order valence-electron chi connectivity index (χ4n) is 1.38. The summed E-state index contributed by atoms with van der Waals surface area (Å²) in [5.41, 5.74) is 0.580. The molecule has 0 radical (unpaired) electrons. The SMILES string of the molecule is O=C(NCCCCCO)c1ccc(Cl)cc1Br. The third-order valence-electron chi connectivity index (χ3n) is 2.30. The minimum Gasteiger partial charge on any atom is -0.396 e. The molecule has 0 spiro atoms. The van der Waals surface area contributed by atoms with Crippen molar-refractivity contribution < 1.29 is 9.90 Å². The standard InChI is InChI=1S/C12H15BrClNO2/c13-11-8-9(14)4-5-10(11)12(17)15-6-2-1-3-7-16/h4-5,8,16H,1-3,6-7H2,(H,15,17). The molecule has 0 bridgehead atoms. The molecule has 5 heteroatoms. The van der Waals surface area contributed by atoms with Crippen molar-refractivity contribution in [2.45, 2.75) is 19.3 Å². The first-order chi connectivity index (χ1) is 8.15. The van der Waals surface area contributed by atoms with E-state index < -0.39 is 0 Å². The molecule has 0 aliphatic rings. The van der Waals surface area contributed by atoms with E-state index in [1.807, 2.05) is 0 Å². The molecule has 17 heavy (non-hydrogen) atoms. The number of benzene rings is 1. The second-order valence-corrected chi connectivity index (χ2v) is 4.96. The van der Waals surface area contributed by atoms with Crippen LogP contribution in [0.5, 0.6) is 0 Å². The number of carbonyl (C=O) groups is 1. The predicted octanol–water partition coefficient (Wildman–Crippen LogP) is 2.99. The van der Waals surface area contributed by atoms with Gasteiger partial charge < -0.3 is 10.4 Å². The molecular formula is C12H15BrClNO2. The molecule has 1 aromatic rings. The maximum atomic E-state index is 11.8. The summed E-state index contributed by atoms with van der Waals surface area (Å²) in [6.07, 6.45) is 2.57. The number of carbonyl (C=O) groups excluding carboxylic acids is 1. The molecule has 0 saturated carbocycles. The average Bonchev–Trinajstić information content (AvgIpc) is 2.28. The van der Waals surface area contributed by atoms with Crippen molar-refractivity contribution >= 4 is 33.4 Å². The van der Waals surface area contributed by atoms with Crippen molar-refractivity contribution in [3.05, 3.63) is 33.3 Å². The smallest absolute Gasteiger partial charge is 0.252 e. The van der Waals surface area contributed by atoms with Crippen molar-refractivity contribution in [1.29, 1.82) is 0 Å². The Morgan fingerprint density at radius 2 is 2.12 bits per heavy atom. The number of aliphatic hydroxyl groups excluding tert-OH is 1. The lowest BCUT2D eigenvalue weighted by Crippen LogP contribution is -2.24. The monoisotopic (exact) mass is 319 g/mol. The van der Waals surface area contributed by atoms with Gasteiger partial charge in [-0.25, -0.2) is 0 Å². The van der Waals surface area contributed by atoms with Gasteiger partial charge in [0.25, 0.3) is 5.91 Å². The summed E-state index contributed by atoms with van der Waals surface area (Å²) < 4.78 is 0.692. The third-order valence-corrected chi connectivity index (χ3v) is 3.19. The van der Waals surface area contributed by atoms with E-state index in [9.17, 15) is 4.79 Å². The number of unbranched alkanes of at least 4 members (excludes halogenated alkanes) is 2. The van der Waals surface area contributed by atoms with E-state index in [2.05, 4.69) is 21.2 Å². The Morgan fingerprint density at radius 1 is 1.35 bits per heavy atom. The molecule has 0 aromatic heterocycles. The second kappa shape index (κ2) is 7.69. The highest BCUT2D eigenvalue weighted by Gasteiger charge is 2.09. The number of amides is 1. The summed E-state index contributed by atoms with van der Waals surface area (Å²) >= 11 is 9.10. The van der Waals surface area contributed by atoms with Gasteiger partial charge in [0.1, 0.15) is 0 Å². The number of hydrogen-bond donors (Lipinski definition) is 2. The molecule has 1 aromatic carbocycles. The van der Waals surface area contributed by atoms with Crippen LogP contribution in [0.3, 0.4) is 0 Å². The molecule has 0 heterocycles. The van der Waals surface area contributed by atoms with Crippen LogP contribution in [0, 0.1) is 0 Å². The zero-order valence-corrected chi connectivity index (χ0v) is 11.7. The lowest BCUT2D eigenvalue weighted by atomic mass is 10.2. The van der Waals surface area contributed by atoms with E-state index >= 15 is 0 Å². The van der Waals surface area contributed by atoms with Crippen molar-refractivity contribution in [2.24, 2.45) is 0 Å². The van der Waals surface area contributed by atoms with Crippen LogP contribution >= 0.6 is 27.5 Å². The zero-order chi connectivity index (χ0) is 12.7. The Labute approximate surface area is 114 Å². The Bertz CT molecular complexity index is 385. The van der Waals surface area contributed by atoms with Crippen LogP contribution in [0.15, 0.2) is 22.7 Å². The summed E-state index contributed by atoms with van der Waals surface area (Å²) in [6.45, 7) is 0.824. The van der Waals surface area contributed by atoms with Crippen LogP contribution in [0.4, 0.5) is 0 Å². The van der Waals surface area contributed by atoms with Gasteiger partial charge >= 0.3 is 0 Å². The quantitative estimate of drug-likeness (QED) is 0.792. The highest BCUT2D eigenvalue weighted by atomic mass is 79.9. The van der Waals surface area contributed by atoms with E-state index in [0.717, 1.165) is 19.3 Å². The van der Waals surface area contributed by atoms with Crippen molar-refractivity contribution in [3.63, 3.8) is 0 Å². The third kappa shape index (κ3) is 5.06. The lowest BCUT2D eigenvalue weighted by Gasteiger charge is -2.06. The first-order valence-corrected chi connectivity index (χ1v) is 6.66. The summed E-state index contributed by atoms with van der Waals surface area (Å²) in [5.74, 6) is -0.113. The van der Waals surface area contributed by atoms with Gasteiger partial charge in [-0.15, -0.1) is 0 Å². The highest BCUT2D eigenvalue weighted by Crippen LogP contribution is 2.21. The summed E-state index contributed by atoms with van der Waals surface area (Å²) in [6, 6.07) is 5.07. The van der Waals surface area contributed by atoms with Gasteiger partial charge in [0.2, 0.25) is 0 Å². The molecule has 1 amide bonds. The minimum atomic E-state index is -0.113. The highest BCUT2D eigenvalue weighted by molar-refractivity contribution is 9.10. The zero-order valence-electron chi connectivity index (χ0n) is 9.38. The molecule has 1 rings (SSSR count). The van der Waals surface area contributed by atoms with E-state index in [-0.39, 0.29) is 12.5 Å². The van der Waals surface area contributed by atoms with E-state index in [0.29, 0.717) is 21.6 Å². The van der Waals surface area contributed by atoms with Gasteiger partial charge in [0.15, 0.2) is 0 Å². The molecule has 0 atom stereocenters. The van der Waals surface area contributed by atoms with Crippen LogP contribution < -0.4 is 5.32 Å². The number of halogens is 2. The first-order valence-electron chi connectivity index (χ1n) is 5.49. The van der Waals surface area contributed by atoms with Crippen LogP contribution in [0.1, 0.15) is 29.6 Å². The van der Waals surface area contributed by atoms with Gasteiger partial charge in [-0.05, 0) is 53.4 Å². The number of rotatable bonds is 6. The molecule has 2 N–H and O–H groups in total. The average molecular weight is 321 g/mol. The largest absolute Gasteiger partial charge is 0.396 e. The number of hydrogen-bond acceptors (Lipinski definition) is 2. The molecular weight excluding hydrogens is 305 g/mol. The number of nitrogens with one attached hydrogen (secondary N) is 1. The maximum Gasteiger partial charge on any atom is 0.252 e. The van der Waals surface area contributed by atoms with E-state index in [4.69, 9.17) is 16.7 Å². The Kier molecular flexibility index (Phi) is 6.55. The Balaban J connectivity index is 2.42. The lowest BCUT2D eigenvalue weighted by molar-refractivity contribution is 0.0952. The summed E-state index contributed by atoms with van der Waals surface area (Å²) in [4.78, 5) is 11.8. The minimum absolute atomic E-state index is 0.113. The summed E-state index contributed by atoms with van der Waals surface area (Å²) in [5, 5.41) is 12.0. The van der Waals surface area contributed by atoms with Crippen LogP contribution in [-0.2, 0) is 0 Å². The van der Waals surface area contributed by atoms with E-state index in [1.165, 1.54) is 0 Å². The summed E-state index contributed by atoms with van der Waals surface area (Å²) in [7, 11) is 0. The van der Waals surface area contributed by atoms with Crippen LogP contribution in [0.2, 0.25) is 5.02 Å². The predicted molar refractivity (Wildman–Crippen MR) is 72.4 cm³/mol. The topological polar surface area (TPSA) is 49.3 Å². The van der Waals surface area contributed by atoms with Gasteiger partial charge in [0.05, 0.1) is 5.56 Å². The first kappa shape index (κ1) is 14.5. The maximum absolute atomic E-state index is 11.8. The van der Waals surface area contributed by atoms with Crippen LogP contribution in [-0.4, -0.2) is 24.2 Å². The van der Waals surface area contributed by atoms with Crippen molar-refractivity contribution in [1.82, 2.24) is 5.32 Å². The normalized spacial score (nSPS) is 10.3. The fraction of sp³-hybridized carbons (Fsp3) is 0.417. The molecule has 0 aliphatic carbocycles. The Morgan fingerprint density at radius 3 is 2.76 bits per heavy atom. The molecule has 0 fully saturated rings. The van der Waals surface area contributed by atoms with Crippen LogP contribution in [0.25, 0.3) is 0 Å². The molecule has 0 aliphatic heterocycles. The van der Waals surface area contributed by atoms with Gasteiger partial charge in [-0.3, -0.25) is 4.79 Å². The molecule has 0 unspecified atom stereocenters. The molecule has 94 valence electrons. The fourth-order valence-corrected chi connectivity index (χ4v) is 2.25. The van der Waals surface area contributed by atoms with Gasteiger partial charge in [0, 0.05) is 22.6 Å². The van der Waals surface area contributed by atoms with Gasteiger partial charge in [-0.1, -0.05) is 11.6 Å². The van der Waals surface area contributed by atoms with Crippen molar-refractivity contribution in [2.75, 3.05) is 13.2 Å². The number of aliphatic hydroxyl groups is 1.